The number of benzene rings is 1. The number of rotatable bonds is 8. The summed E-state index contributed by atoms with van der Waals surface area (Å²) in [7, 11) is 0. The van der Waals surface area contributed by atoms with Gasteiger partial charge < -0.3 is 15.5 Å². The molecule has 7 heteroatoms. The molecule has 0 spiro atoms. The molecular formula is C29H47N5O2. The van der Waals surface area contributed by atoms with Crippen molar-refractivity contribution in [2.45, 2.75) is 105 Å². The Kier molecular flexibility index (Phi) is 9.38. The maximum Gasteiger partial charge on any atom is 0.322 e. The first-order valence-electron chi connectivity index (χ1n) is 13.2. The number of para-hydroxylation sites is 1. The van der Waals surface area contributed by atoms with E-state index >= 15 is 0 Å². The maximum atomic E-state index is 13.4. The Balaban J connectivity index is 2.29. The summed E-state index contributed by atoms with van der Waals surface area (Å²) in [6.45, 7) is 23.4. The number of amides is 3. The zero-order valence-electron chi connectivity index (χ0n) is 24.2. The summed E-state index contributed by atoms with van der Waals surface area (Å²) in [5.74, 6) is 0.917. The van der Waals surface area contributed by atoms with Crippen LogP contribution in [0.4, 0.5) is 16.3 Å². The van der Waals surface area contributed by atoms with Crippen LogP contribution in [0.1, 0.15) is 111 Å². The Morgan fingerprint density at radius 1 is 0.972 bits per heavy atom. The van der Waals surface area contributed by atoms with Gasteiger partial charge in [0, 0.05) is 23.7 Å². The minimum absolute atomic E-state index is 0.0410. The molecule has 1 heterocycles. The highest BCUT2D eigenvalue weighted by molar-refractivity contribution is 5.97. The lowest BCUT2D eigenvalue weighted by atomic mass is 9.92. The predicted molar refractivity (Wildman–Crippen MR) is 150 cm³/mol. The van der Waals surface area contributed by atoms with Gasteiger partial charge in [0.15, 0.2) is 0 Å². The summed E-state index contributed by atoms with van der Waals surface area (Å²) in [4.78, 5) is 28.2. The maximum absolute atomic E-state index is 13.4. The summed E-state index contributed by atoms with van der Waals surface area (Å²) in [5.41, 5.74) is 3.50. The zero-order chi connectivity index (χ0) is 27.4. The largest absolute Gasteiger partial charge is 0.322 e. The summed E-state index contributed by atoms with van der Waals surface area (Å²) in [5, 5.41) is 10.9. The molecule has 36 heavy (non-hydrogen) atoms. The second-order valence-corrected chi connectivity index (χ2v) is 12.3. The van der Waals surface area contributed by atoms with Gasteiger partial charge >= 0.3 is 6.03 Å². The third kappa shape index (κ3) is 7.34. The van der Waals surface area contributed by atoms with Crippen LogP contribution in [-0.2, 0) is 15.7 Å². The minimum atomic E-state index is -0.305. The molecule has 1 aromatic carbocycles. The van der Waals surface area contributed by atoms with E-state index < -0.39 is 0 Å². The third-order valence-electron chi connectivity index (χ3n) is 6.10. The van der Waals surface area contributed by atoms with Gasteiger partial charge in [-0.25, -0.2) is 9.48 Å². The van der Waals surface area contributed by atoms with Crippen molar-refractivity contribution in [1.82, 2.24) is 14.7 Å². The van der Waals surface area contributed by atoms with Crippen LogP contribution in [0.15, 0.2) is 24.3 Å². The van der Waals surface area contributed by atoms with Crippen LogP contribution in [0.2, 0.25) is 0 Å². The molecule has 2 N–H and O–H groups in total. The lowest BCUT2D eigenvalue weighted by Crippen LogP contribution is -2.41. The molecule has 0 radical (unpaired) electrons. The molecule has 0 unspecified atom stereocenters. The lowest BCUT2D eigenvalue weighted by molar-refractivity contribution is -0.116. The van der Waals surface area contributed by atoms with Crippen molar-refractivity contribution >= 4 is 23.4 Å². The van der Waals surface area contributed by atoms with E-state index in [-0.39, 0.29) is 41.3 Å². The quantitative estimate of drug-likeness (QED) is 0.409. The van der Waals surface area contributed by atoms with Crippen molar-refractivity contribution in [1.29, 1.82) is 0 Å². The Labute approximate surface area is 218 Å². The number of hydrogen-bond donors (Lipinski definition) is 2. The third-order valence-corrected chi connectivity index (χ3v) is 6.10. The highest BCUT2D eigenvalue weighted by atomic mass is 16.2. The number of hydrogen-bond acceptors (Lipinski definition) is 3. The zero-order valence-corrected chi connectivity index (χ0v) is 24.2. The summed E-state index contributed by atoms with van der Waals surface area (Å²) in [6, 6.07) is 7.83. The van der Waals surface area contributed by atoms with Gasteiger partial charge in [-0.05, 0) is 50.2 Å². The van der Waals surface area contributed by atoms with Crippen LogP contribution in [0.25, 0.3) is 0 Å². The van der Waals surface area contributed by atoms with Crippen molar-refractivity contribution in [2.24, 2.45) is 0 Å². The van der Waals surface area contributed by atoms with Gasteiger partial charge in [0.1, 0.15) is 12.4 Å². The molecule has 1 aromatic heterocycles. The number of carbonyl (C=O) groups excluding carboxylic acids is 2. The predicted octanol–water partition coefficient (Wildman–Crippen LogP) is 7.07. The van der Waals surface area contributed by atoms with Crippen LogP contribution < -0.4 is 10.6 Å². The van der Waals surface area contributed by atoms with E-state index in [0.717, 1.165) is 28.9 Å². The molecule has 7 nitrogen and oxygen atoms in total. The molecule has 0 aliphatic carbocycles. The summed E-state index contributed by atoms with van der Waals surface area (Å²) >= 11 is 0. The molecule has 2 rings (SSSR count). The second kappa shape index (κ2) is 11.5. The molecule has 200 valence electrons. The van der Waals surface area contributed by atoms with Crippen molar-refractivity contribution < 1.29 is 9.59 Å². The highest BCUT2D eigenvalue weighted by Crippen LogP contribution is 2.33. The first-order chi connectivity index (χ1) is 16.6. The molecule has 0 aliphatic heterocycles. The molecule has 0 saturated heterocycles. The van der Waals surface area contributed by atoms with Crippen LogP contribution in [0, 0.1) is 0 Å². The fraction of sp³-hybridized carbons (Fsp3) is 0.621. The molecule has 0 fully saturated rings. The fourth-order valence-corrected chi connectivity index (χ4v) is 4.11. The number of carbonyl (C=O) groups is 2. The molecule has 0 saturated carbocycles. The van der Waals surface area contributed by atoms with E-state index in [0.29, 0.717) is 12.4 Å². The Morgan fingerprint density at radius 2 is 1.53 bits per heavy atom. The van der Waals surface area contributed by atoms with Gasteiger partial charge in [-0.2, -0.15) is 5.10 Å². The van der Waals surface area contributed by atoms with Crippen LogP contribution in [0.5, 0.6) is 0 Å². The van der Waals surface area contributed by atoms with Crippen LogP contribution >= 0.6 is 0 Å². The number of anilines is 2. The van der Waals surface area contributed by atoms with E-state index in [1.165, 1.54) is 0 Å². The van der Waals surface area contributed by atoms with E-state index in [4.69, 9.17) is 5.10 Å². The molecular weight excluding hydrogens is 450 g/mol. The van der Waals surface area contributed by atoms with Gasteiger partial charge in [-0.3, -0.25) is 4.79 Å². The van der Waals surface area contributed by atoms with E-state index in [1.807, 2.05) is 23.7 Å². The normalized spacial score (nSPS) is 12.2. The molecule has 0 bridgehead atoms. The van der Waals surface area contributed by atoms with Gasteiger partial charge in [-0.1, -0.05) is 73.6 Å². The van der Waals surface area contributed by atoms with Crippen molar-refractivity contribution in [3.63, 3.8) is 0 Å². The fourth-order valence-electron chi connectivity index (χ4n) is 4.11. The van der Waals surface area contributed by atoms with Crippen molar-refractivity contribution in [2.75, 3.05) is 23.7 Å². The van der Waals surface area contributed by atoms with Gasteiger partial charge in [0.2, 0.25) is 5.91 Å². The topological polar surface area (TPSA) is 79.3 Å². The number of nitrogens with one attached hydrogen (secondary N) is 2. The van der Waals surface area contributed by atoms with Gasteiger partial charge in [0.05, 0.1) is 11.2 Å². The van der Waals surface area contributed by atoms with Gasteiger partial charge in [-0.15, -0.1) is 0 Å². The minimum Gasteiger partial charge on any atom is -0.315 e. The smallest absolute Gasteiger partial charge is 0.315 e. The summed E-state index contributed by atoms with van der Waals surface area (Å²) in [6.07, 6.45) is 0.748. The molecule has 0 aliphatic rings. The Hall–Kier alpha value is -2.83. The number of aromatic nitrogens is 2. The van der Waals surface area contributed by atoms with E-state index in [2.05, 4.69) is 92.0 Å². The number of nitrogens with zero attached hydrogens (tertiary/aromatic N) is 3. The lowest BCUT2D eigenvalue weighted by Gasteiger charge is -2.26. The van der Waals surface area contributed by atoms with Crippen molar-refractivity contribution in [3.05, 3.63) is 41.1 Å². The average Bonchev–Trinajstić information content (AvgIpc) is 3.18. The molecule has 0 atom stereocenters. The average molecular weight is 498 g/mol. The monoisotopic (exact) mass is 497 g/mol. The Bertz CT molecular complexity index is 1030. The van der Waals surface area contributed by atoms with Crippen LogP contribution in [-0.4, -0.2) is 39.7 Å². The van der Waals surface area contributed by atoms with Crippen LogP contribution in [0.3, 0.4) is 0 Å². The SMILES string of the molecule is CCCN(CC(=O)Nc1cc(C(C)(C)C)nn1C(C)(C)C)C(=O)Nc1c(C(C)C)cccc1C(C)C. The van der Waals surface area contributed by atoms with E-state index in [9.17, 15) is 9.59 Å². The highest BCUT2D eigenvalue weighted by Gasteiger charge is 2.27. The summed E-state index contributed by atoms with van der Waals surface area (Å²) < 4.78 is 1.85. The second-order valence-electron chi connectivity index (χ2n) is 12.3. The Morgan fingerprint density at radius 3 is 1.97 bits per heavy atom. The first-order valence-corrected chi connectivity index (χ1v) is 13.2. The van der Waals surface area contributed by atoms with Gasteiger partial charge in [0.25, 0.3) is 0 Å². The standard InChI is InChI=1S/C29H47N5O2/c1-12-16-33(27(36)31-26-21(19(2)3)14-13-15-22(26)20(4)5)18-25(35)30-24-17-23(28(6,7)8)32-34(24)29(9,10)11/h13-15,17,19-20H,12,16,18H2,1-11H3,(H,30,35)(H,31,36). The number of urea groups is 1. The first kappa shape index (κ1) is 29.4. The van der Waals surface area contributed by atoms with E-state index in [1.54, 1.807) is 4.90 Å². The molecule has 3 amide bonds. The molecule has 2 aromatic rings. The van der Waals surface area contributed by atoms with Crippen molar-refractivity contribution in [3.8, 4) is 0 Å².